The van der Waals surface area contributed by atoms with Gasteiger partial charge >= 0.3 is 5.97 Å². The Kier molecular flexibility index (Phi) is 7.27. The number of carboxylic acids is 1. The molecular weight excluding hydrogens is 489 g/mol. The van der Waals surface area contributed by atoms with E-state index in [-0.39, 0.29) is 18.5 Å². The maximum absolute atomic E-state index is 15.7. The monoisotopic (exact) mass is 521 g/mol. The molecule has 0 amide bonds. The third kappa shape index (κ3) is 4.81. The molecule has 0 saturated carbocycles. The van der Waals surface area contributed by atoms with Gasteiger partial charge in [0, 0.05) is 42.9 Å². The van der Waals surface area contributed by atoms with E-state index in [4.69, 9.17) is 18.9 Å². The van der Waals surface area contributed by atoms with Crippen molar-refractivity contribution in [2.24, 2.45) is 0 Å². The number of fused-ring (bicyclic) bond motifs is 1. The van der Waals surface area contributed by atoms with E-state index in [9.17, 15) is 9.90 Å². The third-order valence-corrected chi connectivity index (χ3v) is 7.56. The normalized spacial score (nSPS) is 17.9. The second-order valence-electron chi connectivity index (χ2n) is 9.86. The van der Waals surface area contributed by atoms with E-state index < -0.39 is 17.3 Å². The highest BCUT2D eigenvalue weighted by Gasteiger charge is 2.40. The first-order chi connectivity index (χ1) is 18.3. The molecule has 3 aromatic carbocycles. The lowest BCUT2D eigenvalue weighted by atomic mass is 9.89. The highest BCUT2D eigenvalue weighted by molar-refractivity contribution is 5.83. The molecular formula is C30H32FNO6. The number of hydrogen-bond acceptors (Lipinski definition) is 6. The summed E-state index contributed by atoms with van der Waals surface area (Å²) in [5.74, 6) is -0.369. The molecule has 0 aliphatic carbocycles. The maximum atomic E-state index is 15.7. The molecule has 0 bridgehead atoms. The van der Waals surface area contributed by atoms with Gasteiger partial charge in [0.25, 0.3) is 0 Å². The number of aryl methyl sites for hydroxylation is 1. The molecule has 2 aliphatic rings. The number of rotatable bonds is 8. The predicted molar refractivity (Wildman–Crippen MR) is 141 cm³/mol. The summed E-state index contributed by atoms with van der Waals surface area (Å²) in [6.45, 7) is 5.03. The summed E-state index contributed by atoms with van der Waals surface area (Å²) in [4.78, 5) is 12.2. The van der Waals surface area contributed by atoms with Gasteiger partial charge in [-0.1, -0.05) is 24.3 Å². The molecule has 0 spiro atoms. The van der Waals surface area contributed by atoms with Crippen LogP contribution in [-0.4, -0.2) is 43.5 Å². The molecule has 1 unspecified atom stereocenters. The smallest absolute Gasteiger partial charge is 0.329 e. The highest BCUT2D eigenvalue weighted by atomic mass is 19.1. The molecule has 2 aliphatic heterocycles. The van der Waals surface area contributed by atoms with Crippen LogP contribution in [0.15, 0.2) is 48.5 Å². The fourth-order valence-electron chi connectivity index (χ4n) is 5.20. The van der Waals surface area contributed by atoms with E-state index in [1.807, 2.05) is 56.3 Å². The predicted octanol–water partition coefficient (Wildman–Crippen LogP) is 5.81. The minimum Gasteiger partial charge on any atom is -0.493 e. The van der Waals surface area contributed by atoms with E-state index in [0.29, 0.717) is 49.5 Å². The summed E-state index contributed by atoms with van der Waals surface area (Å²) < 4.78 is 38.5. The Bertz CT molecular complexity index is 1350. The number of benzene rings is 3. The SMILES string of the molecule is COc1c(C)c(C)cc(-c2ccc(NC3(C(=O)O)CCOCC3)cc2COC2COc3ccccc32)c1F. The number of anilines is 1. The van der Waals surface area contributed by atoms with Gasteiger partial charge < -0.3 is 29.4 Å². The molecule has 2 heterocycles. The van der Waals surface area contributed by atoms with Crippen LogP contribution in [0.5, 0.6) is 11.5 Å². The molecule has 0 aromatic heterocycles. The summed E-state index contributed by atoms with van der Waals surface area (Å²) in [5.41, 5.74) is 3.87. The fourth-order valence-corrected chi connectivity index (χ4v) is 5.20. The highest BCUT2D eigenvalue weighted by Crippen LogP contribution is 2.39. The fraction of sp³-hybridized carbons (Fsp3) is 0.367. The first-order valence-corrected chi connectivity index (χ1v) is 12.7. The Labute approximate surface area is 221 Å². The van der Waals surface area contributed by atoms with Crippen molar-refractivity contribution in [2.75, 3.05) is 32.2 Å². The molecule has 0 radical (unpaired) electrons. The van der Waals surface area contributed by atoms with E-state index in [1.165, 1.54) is 7.11 Å². The van der Waals surface area contributed by atoms with Crippen LogP contribution in [0.2, 0.25) is 0 Å². The summed E-state index contributed by atoms with van der Waals surface area (Å²) in [7, 11) is 1.46. The van der Waals surface area contributed by atoms with Crippen molar-refractivity contribution in [3.8, 4) is 22.6 Å². The summed E-state index contributed by atoms with van der Waals surface area (Å²) in [6, 6.07) is 15.0. The molecule has 2 N–H and O–H groups in total. The molecule has 1 saturated heterocycles. The standard InChI is InChI=1S/C30H32FNO6/c1-18-14-24(27(31)28(35-3)19(18)2)22-9-8-21(32-30(29(33)34)10-12-36-13-11-30)15-20(22)16-37-26-17-38-25-7-5-4-6-23(25)26/h4-9,14-15,26,32H,10-13,16-17H2,1-3H3,(H,33,34). The minimum atomic E-state index is -1.13. The molecule has 1 atom stereocenters. The molecule has 38 heavy (non-hydrogen) atoms. The minimum absolute atomic E-state index is 0.172. The van der Waals surface area contributed by atoms with Gasteiger partial charge in [0.05, 0.1) is 13.7 Å². The zero-order chi connectivity index (χ0) is 26.9. The van der Waals surface area contributed by atoms with Gasteiger partial charge in [-0.2, -0.15) is 0 Å². The average molecular weight is 522 g/mol. The largest absolute Gasteiger partial charge is 0.493 e. The van der Waals surface area contributed by atoms with E-state index in [0.717, 1.165) is 28.0 Å². The van der Waals surface area contributed by atoms with Gasteiger partial charge in [-0.3, -0.25) is 0 Å². The maximum Gasteiger partial charge on any atom is 0.329 e. The van der Waals surface area contributed by atoms with Gasteiger partial charge in [0.1, 0.15) is 24.0 Å². The number of carbonyl (C=O) groups is 1. The van der Waals surface area contributed by atoms with Gasteiger partial charge in [0.15, 0.2) is 11.6 Å². The van der Waals surface area contributed by atoms with Gasteiger partial charge in [-0.05, 0) is 60.4 Å². The van der Waals surface area contributed by atoms with Crippen molar-refractivity contribution >= 4 is 11.7 Å². The van der Waals surface area contributed by atoms with E-state index in [2.05, 4.69) is 5.32 Å². The Morgan fingerprint density at radius 2 is 1.89 bits per heavy atom. The van der Waals surface area contributed by atoms with Crippen LogP contribution in [0.3, 0.4) is 0 Å². The van der Waals surface area contributed by atoms with Crippen LogP contribution in [0.4, 0.5) is 10.1 Å². The molecule has 200 valence electrons. The molecule has 3 aromatic rings. The Morgan fingerprint density at radius 3 is 2.63 bits per heavy atom. The quantitative estimate of drug-likeness (QED) is 0.387. The zero-order valence-electron chi connectivity index (χ0n) is 21.8. The van der Waals surface area contributed by atoms with Crippen LogP contribution >= 0.6 is 0 Å². The first kappa shape index (κ1) is 26.0. The summed E-state index contributed by atoms with van der Waals surface area (Å²) in [6.07, 6.45) is 0.417. The van der Waals surface area contributed by atoms with E-state index in [1.54, 1.807) is 6.07 Å². The van der Waals surface area contributed by atoms with Gasteiger partial charge in [-0.25, -0.2) is 9.18 Å². The first-order valence-electron chi connectivity index (χ1n) is 12.7. The molecule has 1 fully saturated rings. The van der Waals surface area contributed by atoms with Crippen molar-refractivity contribution in [1.82, 2.24) is 0 Å². The van der Waals surface area contributed by atoms with Crippen molar-refractivity contribution in [3.63, 3.8) is 0 Å². The lowest BCUT2D eigenvalue weighted by molar-refractivity contribution is -0.145. The van der Waals surface area contributed by atoms with Crippen LogP contribution in [0.1, 0.15) is 41.2 Å². The van der Waals surface area contributed by atoms with Crippen molar-refractivity contribution in [1.29, 1.82) is 0 Å². The number of nitrogens with one attached hydrogen (secondary N) is 1. The number of aliphatic carboxylic acids is 1. The van der Waals surface area contributed by atoms with Crippen molar-refractivity contribution in [2.45, 2.75) is 44.9 Å². The van der Waals surface area contributed by atoms with Gasteiger partial charge in [-0.15, -0.1) is 0 Å². The van der Waals surface area contributed by atoms with E-state index >= 15 is 4.39 Å². The molecule has 7 nitrogen and oxygen atoms in total. The summed E-state index contributed by atoms with van der Waals surface area (Å²) in [5, 5.41) is 13.3. The van der Waals surface area contributed by atoms with Gasteiger partial charge in [0.2, 0.25) is 0 Å². The van der Waals surface area contributed by atoms with Crippen LogP contribution in [-0.2, 0) is 20.9 Å². The Hall–Kier alpha value is -3.62. The van der Waals surface area contributed by atoms with Crippen LogP contribution in [0.25, 0.3) is 11.1 Å². The Morgan fingerprint density at radius 1 is 1.13 bits per heavy atom. The number of halogens is 1. The number of methoxy groups -OCH3 is 1. The number of ether oxygens (including phenoxy) is 4. The number of hydrogen-bond donors (Lipinski definition) is 2. The second-order valence-corrected chi connectivity index (χ2v) is 9.86. The lowest BCUT2D eigenvalue weighted by Crippen LogP contribution is -2.50. The van der Waals surface area contributed by atoms with Crippen LogP contribution in [0, 0.1) is 19.7 Å². The Balaban J connectivity index is 1.53. The second kappa shape index (κ2) is 10.6. The number of carboxylic acid groups (broad SMARTS) is 1. The molecule has 5 rings (SSSR count). The summed E-state index contributed by atoms with van der Waals surface area (Å²) >= 11 is 0. The lowest BCUT2D eigenvalue weighted by Gasteiger charge is -2.35. The van der Waals surface area contributed by atoms with Crippen LogP contribution < -0.4 is 14.8 Å². The topological polar surface area (TPSA) is 86.3 Å². The third-order valence-electron chi connectivity index (χ3n) is 7.56. The average Bonchev–Trinajstić information content (AvgIpc) is 3.34. The van der Waals surface area contributed by atoms with Crippen molar-refractivity contribution in [3.05, 3.63) is 76.6 Å². The number of para-hydroxylation sites is 1. The van der Waals surface area contributed by atoms with Crippen molar-refractivity contribution < 1.29 is 33.2 Å². The zero-order valence-corrected chi connectivity index (χ0v) is 21.8. The molecule has 8 heteroatoms.